The molecule has 0 amide bonds. The smallest absolute Gasteiger partial charge is 0.311 e. The molecular formula is C39H75N3O12. The lowest BCUT2D eigenvalue weighted by Crippen LogP contribution is -2.69. The van der Waals surface area contributed by atoms with Gasteiger partial charge in [-0.15, -0.1) is 0 Å². The lowest BCUT2D eigenvalue weighted by atomic mass is 9.75. The second-order valence-corrected chi connectivity index (χ2v) is 17.7. The Morgan fingerprint density at radius 3 is 2.13 bits per heavy atom. The van der Waals surface area contributed by atoms with Crippen LogP contribution in [0.4, 0.5) is 0 Å². The molecule has 0 saturated carbocycles. The predicted molar refractivity (Wildman–Crippen MR) is 202 cm³/mol. The van der Waals surface area contributed by atoms with Crippen molar-refractivity contribution in [1.29, 1.82) is 0 Å². The van der Waals surface area contributed by atoms with E-state index < -0.39 is 95.5 Å². The van der Waals surface area contributed by atoms with Crippen molar-refractivity contribution in [3.63, 3.8) is 0 Å². The third-order valence-electron chi connectivity index (χ3n) is 13.0. The molecule has 15 heteroatoms. The number of ether oxygens (including phenoxy) is 6. The average molecular weight is 778 g/mol. The molecule has 3 fully saturated rings. The second kappa shape index (κ2) is 18.3. The van der Waals surface area contributed by atoms with Gasteiger partial charge in [-0.05, 0) is 94.8 Å². The Balaban J connectivity index is 2.20. The molecule has 0 bridgehead atoms. The van der Waals surface area contributed by atoms with Crippen molar-refractivity contribution in [3.05, 3.63) is 0 Å². The van der Waals surface area contributed by atoms with E-state index in [0.29, 0.717) is 13.0 Å². The van der Waals surface area contributed by atoms with Crippen LogP contribution in [-0.2, 0) is 33.2 Å². The van der Waals surface area contributed by atoms with Crippen molar-refractivity contribution < 1.29 is 58.7 Å². The first-order valence-corrected chi connectivity index (χ1v) is 19.8. The van der Waals surface area contributed by atoms with Crippen molar-refractivity contribution in [2.45, 2.75) is 185 Å². The number of nitrogens with two attached hydrogens (primary N) is 1. The predicted octanol–water partition coefficient (Wildman–Crippen LogP) is 1.23. The normalized spacial score (nSPS) is 49.6. The average Bonchev–Trinajstić information content (AvgIpc) is 3.09. The van der Waals surface area contributed by atoms with Crippen LogP contribution in [0.1, 0.15) is 94.9 Å². The molecule has 0 aromatic heterocycles. The number of methoxy groups -OCH3 is 1. The second-order valence-electron chi connectivity index (χ2n) is 17.7. The van der Waals surface area contributed by atoms with Crippen LogP contribution in [-0.4, -0.2) is 172 Å². The number of aliphatic hydroxyl groups is 5. The number of esters is 1. The third-order valence-corrected chi connectivity index (χ3v) is 13.0. The van der Waals surface area contributed by atoms with Gasteiger partial charge in [-0.3, -0.25) is 4.79 Å². The molecule has 0 aromatic carbocycles. The Bertz CT molecular complexity index is 1210. The van der Waals surface area contributed by atoms with Gasteiger partial charge >= 0.3 is 5.97 Å². The summed E-state index contributed by atoms with van der Waals surface area (Å²) >= 11 is 0. The lowest BCUT2D eigenvalue weighted by Gasteiger charge is -2.53. The van der Waals surface area contributed by atoms with E-state index in [4.69, 9.17) is 34.2 Å². The van der Waals surface area contributed by atoms with E-state index in [1.807, 2.05) is 51.7 Å². The van der Waals surface area contributed by atoms with Gasteiger partial charge in [0.25, 0.3) is 0 Å². The SMILES string of the molecule is CC[C@H]1OC(=O)[C@H](C)[C@@H](OC2C[C@@](C)(OC)[C@](O)(CN)[C@H](C)O2)[C@H](C)[C@@H](O[C@@H]2O[C@H](C)C[C@H](N(C)C)[C@H]2O)[C@](C)(O)C[C@@H](C)CN(C)[C@H](C)[C@@H](O)[C@]1(C)O. The molecule has 318 valence electrons. The standard InChI is InChI=1S/C39H75N3O12/c1-15-28-38(10,47)32(44)25(6)42(13)19-21(2)17-36(8,46)33(54-35-30(43)27(41(11)12)16-22(3)50-35)23(4)31(24(5)34(45)52-28)53-29-18-37(9,49-14)39(48,20-40)26(7)51-29/h21-33,35,43-44,46-48H,15-20,40H2,1-14H3/t21-,22-,23+,24-,25-,26+,27+,28-,29?,30-,31+,32-,33-,35+,36-,37-,38-,39+/m1/s1. The molecule has 3 heterocycles. The molecule has 7 N–H and O–H groups in total. The first kappa shape index (κ1) is 47.3. The Morgan fingerprint density at radius 1 is 0.981 bits per heavy atom. The van der Waals surface area contributed by atoms with Crippen LogP contribution in [0, 0.1) is 17.8 Å². The number of hydrogen-bond donors (Lipinski definition) is 6. The minimum Gasteiger partial charge on any atom is -0.459 e. The Labute approximate surface area is 323 Å². The highest BCUT2D eigenvalue weighted by molar-refractivity contribution is 5.73. The van der Waals surface area contributed by atoms with Crippen molar-refractivity contribution in [3.8, 4) is 0 Å². The molecule has 0 radical (unpaired) electrons. The van der Waals surface area contributed by atoms with Gasteiger partial charge in [-0.2, -0.15) is 0 Å². The molecule has 0 spiro atoms. The van der Waals surface area contributed by atoms with Gasteiger partial charge in [-0.1, -0.05) is 20.8 Å². The quantitative estimate of drug-likeness (QED) is 0.192. The van der Waals surface area contributed by atoms with Crippen LogP contribution >= 0.6 is 0 Å². The fraction of sp³-hybridized carbons (Fsp3) is 0.974. The van der Waals surface area contributed by atoms with Gasteiger partial charge in [-0.25, -0.2) is 0 Å². The molecule has 0 aromatic rings. The number of carbonyl (C=O) groups excluding carboxylic acids is 1. The molecule has 0 aliphatic carbocycles. The number of carbonyl (C=O) groups is 1. The molecular weight excluding hydrogens is 702 g/mol. The van der Waals surface area contributed by atoms with Crippen molar-refractivity contribution in [2.75, 3.05) is 41.3 Å². The summed E-state index contributed by atoms with van der Waals surface area (Å²) in [6.07, 6.45) is -7.77. The summed E-state index contributed by atoms with van der Waals surface area (Å²) < 4.78 is 37.9. The van der Waals surface area contributed by atoms with Gasteiger partial charge in [0, 0.05) is 44.6 Å². The number of hydrogen-bond acceptors (Lipinski definition) is 15. The minimum absolute atomic E-state index is 0.0423. The zero-order valence-electron chi connectivity index (χ0n) is 35.4. The highest BCUT2D eigenvalue weighted by Gasteiger charge is 2.58. The van der Waals surface area contributed by atoms with Gasteiger partial charge in [0.2, 0.25) is 0 Å². The monoisotopic (exact) mass is 778 g/mol. The van der Waals surface area contributed by atoms with Crippen LogP contribution in [0.25, 0.3) is 0 Å². The summed E-state index contributed by atoms with van der Waals surface area (Å²) in [6, 6.07) is -0.834. The van der Waals surface area contributed by atoms with Crippen molar-refractivity contribution >= 4 is 5.97 Å². The maximum Gasteiger partial charge on any atom is 0.311 e. The highest BCUT2D eigenvalue weighted by Crippen LogP contribution is 2.43. The molecule has 3 rings (SSSR count). The molecule has 3 aliphatic heterocycles. The molecule has 3 saturated heterocycles. The number of aliphatic hydroxyl groups excluding tert-OH is 2. The van der Waals surface area contributed by atoms with Gasteiger partial charge in [0.15, 0.2) is 12.6 Å². The third kappa shape index (κ3) is 9.79. The van der Waals surface area contributed by atoms with Gasteiger partial charge in [0.1, 0.15) is 35.1 Å². The summed E-state index contributed by atoms with van der Waals surface area (Å²) in [4.78, 5) is 18.1. The topological polar surface area (TPSA) is 206 Å². The van der Waals surface area contributed by atoms with E-state index in [0.717, 1.165) is 0 Å². The Hall–Kier alpha value is -1.05. The van der Waals surface area contributed by atoms with Gasteiger partial charge in [0.05, 0.1) is 35.9 Å². The van der Waals surface area contributed by atoms with Crippen molar-refractivity contribution in [1.82, 2.24) is 9.80 Å². The summed E-state index contributed by atoms with van der Waals surface area (Å²) in [6.45, 7) is 17.7. The largest absolute Gasteiger partial charge is 0.459 e. The van der Waals surface area contributed by atoms with Crippen LogP contribution in [0.15, 0.2) is 0 Å². The summed E-state index contributed by atoms with van der Waals surface area (Å²) in [5.74, 6) is -2.69. The summed E-state index contributed by atoms with van der Waals surface area (Å²) in [7, 11) is 7.07. The minimum atomic E-state index is -1.82. The van der Waals surface area contributed by atoms with Crippen LogP contribution in [0.3, 0.4) is 0 Å². The molecule has 3 aliphatic rings. The first-order chi connectivity index (χ1) is 24.8. The highest BCUT2D eigenvalue weighted by atomic mass is 16.7. The van der Waals surface area contributed by atoms with E-state index in [9.17, 15) is 30.3 Å². The van der Waals surface area contributed by atoms with E-state index >= 15 is 0 Å². The maximum absolute atomic E-state index is 14.3. The molecule has 18 atom stereocenters. The number of cyclic esters (lactones) is 1. The van der Waals surface area contributed by atoms with Crippen LogP contribution < -0.4 is 5.73 Å². The zero-order chi connectivity index (χ0) is 41.3. The number of likely N-dealkylation sites (N-methyl/N-ethyl adjacent to an activating group) is 2. The maximum atomic E-state index is 14.3. The molecule has 1 unspecified atom stereocenters. The van der Waals surface area contributed by atoms with Crippen LogP contribution in [0.2, 0.25) is 0 Å². The molecule has 54 heavy (non-hydrogen) atoms. The van der Waals surface area contributed by atoms with Gasteiger partial charge < -0.3 is 69.5 Å². The Kier molecular flexibility index (Phi) is 16.0. The number of nitrogens with zero attached hydrogens (tertiary/aromatic N) is 2. The van der Waals surface area contributed by atoms with Crippen molar-refractivity contribution in [2.24, 2.45) is 23.5 Å². The van der Waals surface area contributed by atoms with E-state index in [-0.39, 0.29) is 43.9 Å². The number of rotatable bonds is 8. The Morgan fingerprint density at radius 2 is 1.59 bits per heavy atom. The summed E-state index contributed by atoms with van der Waals surface area (Å²) in [5.41, 5.74) is -0.103. The lowest BCUT2D eigenvalue weighted by molar-refractivity contribution is -0.335. The zero-order valence-corrected chi connectivity index (χ0v) is 35.4. The fourth-order valence-electron chi connectivity index (χ4n) is 9.18. The summed E-state index contributed by atoms with van der Waals surface area (Å²) in [5, 5.41) is 58.9. The fourth-order valence-corrected chi connectivity index (χ4v) is 9.18. The first-order valence-electron chi connectivity index (χ1n) is 19.8. The van der Waals surface area contributed by atoms with Crippen LogP contribution in [0.5, 0.6) is 0 Å². The van der Waals surface area contributed by atoms with E-state index in [1.165, 1.54) is 14.0 Å². The van der Waals surface area contributed by atoms with E-state index in [2.05, 4.69) is 0 Å². The molecule has 15 nitrogen and oxygen atoms in total. The van der Waals surface area contributed by atoms with E-state index in [1.54, 1.807) is 41.5 Å².